The van der Waals surface area contributed by atoms with Crippen LogP contribution >= 0.6 is 0 Å². The van der Waals surface area contributed by atoms with Crippen molar-refractivity contribution in [1.82, 2.24) is 5.43 Å². The first-order chi connectivity index (χ1) is 12.3. The van der Waals surface area contributed by atoms with E-state index < -0.39 is 15.8 Å². The van der Waals surface area contributed by atoms with E-state index in [1.807, 2.05) is 0 Å². The lowest BCUT2D eigenvalue weighted by atomic mass is 10.1. The van der Waals surface area contributed by atoms with Gasteiger partial charge in [-0.25, -0.2) is 5.43 Å². The average Bonchev–Trinajstić information content (AvgIpc) is 2.65. The van der Waals surface area contributed by atoms with Crippen LogP contribution in [0.2, 0.25) is 0 Å². The number of nitrogens with one attached hydrogen (secondary N) is 1. The highest BCUT2D eigenvalue weighted by Gasteiger charge is 2.16. The Bertz CT molecular complexity index is 909. The van der Waals surface area contributed by atoms with E-state index >= 15 is 0 Å². The third kappa shape index (κ3) is 4.17. The van der Waals surface area contributed by atoms with Gasteiger partial charge in [-0.2, -0.15) is 5.10 Å². The molecule has 0 heterocycles. The summed E-state index contributed by atoms with van der Waals surface area (Å²) in [4.78, 5) is 32.7. The van der Waals surface area contributed by atoms with Gasteiger partial charge in [0, 0.05) is 29.3 Å². The van der Waals surface area contributed by atoms with E-state index in [0.29, 0.717) is 11.3 Å². The van der Waals surface area contributed by atoms with Crippen LogP contribution in [-0.2, 0) is 0 Å². The third-order valence-corrected chi connectivity index (χ3v) is 3.44. The summed E-state index contributed by atoms with van der Waals surface area (Å²) < 4.78 is 4.92. The van der Waals surface area contributed by atoms with Crippen LogP contribution in [0.4, 0.5) is 11.4 Å². The summed E-state index contributed by atoms with van der Waals surface area (Å²) >= 11 is 0. The molecule has 0 aliphatic carbocycles. The Balaban J connectivity index is 2.21. The van der Waals surface area contributed by atoms with Crippen LogP contribution < -0.4 is 10.2 Å². The van der Waals surface area contributed by atoms with Crippen molar-refractivity contribution in [1.29, 1.82) is 0 Å². The standard InChI is InChI=1S/C16H14N4O6/c1-10(11-6-7-15(26-2)14(9-11)20(24)25)17-18-16(21)12-4-3-5-13(8-12)19(22)23/h3-9H,1-2H3,(H,18,21). The van der Waals surface area contributed by atoms with E-state index in [4.69, 9.17) is 4.74 Å². The number of nitro benzene ring substituents is 2. The van der Waals surface area contributed by atoms with Crippen LogP contribution in [0.1, 0.15) is 22.8 Å². The summed E-state index contributed by atoms with van der Waals surface area (Å²) in [6.45, 7) is 1.55. The molecule has 10 nitrogen and oxygen atoms in total. The Morgan fingerprint density at radius 2 is 1.81 bits per heavy atom. The predicted molar refractivity (Wildman–Crippen MR) is 92.4 cm³/mol. The summed E-state index contributed by atoms with van der Waals surface area (Å²) in [5.74, 6) is -0.539. The molecule has 10 heteroatoms. The Morgan fingerprint density at radius 3 is 2.42 bits per heavy atom. The van der Waals surface area contributed by atoms with Gasteiger partial charge in [0.1, 0.15) is 0 Å². The van der Waals surface area contributed by atoms with Gasteiger partial charge in [0.25, 0.3) is 11.6 Å². The van der Waals surface area contributed by atoms with E-state index in [9.17, 15) is 25.0 Å². The number of non-ortho nitro benzene ring substituents is 1. The van der Waals surface area contributed by atoms with Crippen molar-refractivity contribution < 1.29 is 19.4 Å². The molecule has 0 saturated carbocycles. The van der Waals surface area contributed by atoms with E-state index in [0.717, 1.165) is 6.07 Å². The number of benzene rings is 2. The molecule has 1 N–H and O–H groups in total. The summed E-state index contributed by atoms with van der Waals surface area (Å²) in [5.41, 5.74) is 2.61. The van der Waals surface area contributed by atoms with Crippen LogP contribution in [0.5, 0.6) is 5.75 Å². The molecule has 2 aromatic carbocycles. The maximum atomic E-state index is 12.1. The highest BCUT2D eigenvalue weighted by atomic mass is 16.6. The first-order valence-corrected chi connectivity index (χ1v) is 7.25. The summed E-state index contributed by atoms with van der Waals surface area (Å²) in [6, 6.07) is 9.44. The van der Waals surface area contributed by atoms with Crippen LogP contribution in [0.25, 0.3) is 0 Å². The molecule has 134 valence electrons. The van der Waals surface area contributed by atoms with Crippen LogP contribution in [0, 0.1) is 20.2 Å². The maximum absolute atomic E-state index is 12.1. The fourth-order valence-electron chi connectivity index (χ4n) is 2.08. The van der Waals surface area contributed by atoms with Gasteiger partial charge in [0.2, 0.25) is 0 Å². The van der Waals surface area contributed by atoms with Crippen molar-refractivity contribution in [3.05, 3.63) is 73.8 Å². The minimum atomic E-state index is -0.643. The van der Waals surface area contributed by atoms with Gasteiger partial charge in [0.05, 0.1) is 22.7 Å². The zero-order valence-corrected chi connectivity index (χ0v) is 13.8. The van der Waals surface area contributed by atoms with Crippen molar-refractivity contribution in [3.8, 4) is 5.75 Å². The molecule has 0 radical (unpaired) electrons. The number of hydrogen-bond acceptors (Lipinski definition) is 7. The first kappa shape index (κ1) is 18.5. The van der Waals surface area contributed by atoms with Gasteiger partial charge in [-0.1, -0.05) is 6.07 Å². The number of carbonyl (C=O) groups excluding carboxylic acids is 1. The van der Waals surface area contributed by atoms with Crippen molar-refractivity contribution in [2.45, 2.75) is 6.92 Å². The zero-order valence-electron chi connectivity index (χ0n) is 13.8. The normalized spacial score (nSPS) is 10.9. The predicted octanol–water partition coefficient (Wildman–Crippen LogP) is 2.67. The molecule has 0 aliphatic heterocycles. The Hall–Kier alpha value is -3.82. The number of hydrogen-bond donors (Lipinski definition) is 1. The highest BCUT2D eigenvalue weighted by molar-refractivity contribution is 6.01. The number of carbonyl (C=O) groups is 1. The number of nitro groups is 2. The number of nitrogens with zero attached hydrogens (tertiary/aromatic N) is 3. The SMILES string of the molecule is COc1ccc(C(C)=NNC(=O)c2cccc([N+](=O)[O-])c2)cc1[N+](=O)[O-]. The topological polar surface area (TPSA) is 137 Å². The number of ether oxygens (including phenoxy) is 1. The molecule has 0 spiro atoms. The Kier molecular flexibility index (Phi) is 5.58. The molecule has 0 fully saturated rings. The lowest BCUT2D eigenvalue weighted by Gasteiger charge is -2.05. The Morgan fingerprint density at radius 1 is 1.08 bits per heavy atom. The Labute approximate surface area is 147 Å². The van der Waals surface area contributed by atoms with Crippen molar-refractivity contribution in [2.24, 2.45) is 5.10 Å². The zero-order chi connectivity index (χ0) is 19.3. The summed E-state index contributed by atoms with van der Waals surface area (Å²) in [6.07, 6.45) is 0. The van der Waals surface area contributed by atoms with Crippen molar-refractivity contribution in [3.63, 3.8) is 0 Å². The lowest BCUT2D eigenvalue weighted by Crippen LogP contribution is -2.19. The van der Waals surface area contributed by atoms with E-state index in [1.165, 1.54) is 37.4 Å². The fourth-order valence-corrected chi connectivity index (χ4v) is 2.08. The molecule has 0 bridgehead atoms. The van der Waals surface area contributed by atoms with Crippen LogP contribution in [0.15, 0.2) is 47.6 Å². The molecular formula is C16H14N4O6. The molecule has 0 saturated heterocycles. The lowest BCUT2D eigenvalue weighted by molar-refractivity contribution is -0.385. The van der Waals surface area contributed by atoms with Crippen molar-refractivity contribution in [2.75, 3.05) is 7.11 Å². The van der Waals surface area contributed by atoms with Gasteiger partial charge < -0.3 is 4.74 Å². The second-order valence-corrected chi connectivity index (χ2v) is 5.09. The quantitative estimate of drug-likeness (QED) is 0.479. The van der Waals surface area contributed by atoms with Crippen LogP contribution in [-0.4, -0.2) is 28.6 Å². The number of methoxy groups -OCH3 is 1. The van der Waals surface area contributed by atoms with Crippen molar-refractivity contribution >= 4 is 23.0 Å². The third-order valence-electron chi connectivity index (χ3n) is 3.44. The van der Waals surface area contributed by atoms with Gasteiger partial charge in [0.15, 0.2) is 5.75 Å². The number of hydrazone groups is 1. The molecule has 1 amide bonds. The summed E-state index contributed by atoms with van der Waals surface area (Å²) in [5, 5.41) is 25.7. The van der Waals surface area contributed by atoms with E-state index in [2.05, 4.69) is 10.5 Å². The molecular weight excluding hydrogens is 344 g/mol. The van der Waals surface area contributed by atoms with Gasteiger partial charge >= 0.3 is 5.69 Å². The molecule has 26 heavy (non-hydrogen) atoms. The number of rotatable bonds is 6. The molecule has 0 unspecified atom stereocenters. The monoisotopic (exact) mass is 358 g/mol. The maximum Gasteiger partial charge on any atom is 0.311 e. The van der Waals surface area contributed by atoms with Gasteiger partial charge in [-0.15, -0.1) is 0 Å². The highest BCUT2D eigenvalue weighted by Crippen LogP contribution is 2.27. The molecule has 0 aliphatic rings. The smallest absolute Gasteiger partial charge is 0.311 e. The second kappa shape index (κ2) is 7.83. The fraction of sp³-hybridized carbons (Fsp3) is 0.125. The summed E-state index contributed by atoms with van der Waals surface area (Å²) in [7, 11) is 1.32. The second-order valence-electron chi connectivity index (χ2n) is 5.09. The molecule has 0 aromatic heterocycles. The minimum absolute atomic E-state index is 0.0662. The van der Waals surface area contributed by atoms with E-state index in [-0.39, 0.29) is 22.7 Å². The van der Waals surface area contributed by atoms with Gasteiger partial charge in [-0.3, -0.25) is 25.0 Å². The van der Waals surface area contributed by atoms with Crippen LogP contribution in [0.3, 0.4) is 0 Å². The first-order valence-electron chi connectivity index (χ1n) is 7.25. The molecule has 2 aromatic rings. The minimum Gasteiger partial charge on any atom is -0.490 e. The van der Waals surface area contributed by atoms with E-state index in [1.54, 1.807) is 13.0 Å². The van der Waals surface area contributed by atoms with Gasteiger partial charge in [-0.05, 0) is 25.1 Å². The molecule has 0 atom stereocenters. The number of amides is 1. The molecule has 2 rings (SSSR count). The largest absolute Gasteiger partial charge is 0.490 e. The average molecular weight is 358 g/mol.